The molecule has 0 saturated carbocycles. The fraction of sp³-hybridized carbons (Fsp3) is 0.286. The zero-order chi connectivity index (χ0) is 14.6. The summed E-state index contributed by atoms with van der Waals surface area (Å²) in [6.07, 6.45) is 3.22. The van der Waals surface area contributed by atoms with E-state index in [4.69, 9.17) is 23.8 Å². The Labute approximate surface area is 138 Å². The highest BCUT2D eigenvalue weighted by atomic mass is 35.5. The Balaban J connectivity index is 1.93. The van der Waals surface area contributed by atoms with Gasteiger partial charge in [0.25, 0.3) is 5.56 Å². The van der Waals surface area contributed by atoms with E-state index in [1.54, 1.807) is 15.9 Å². The minimum absolute atomic E-state index is 0.0256. The molecule has 0 saturated heterocycles. The zero-order valence-corrected chi connectivity index (χ0v) is 14.1. The Morgan fingerprint density at radius 3 is 2.95 bits per heavy atom. The molecule has 0 spiro atoms. The molecule has 108 valence electrons. The molecule has 0 atom stereocenters. The molecule has 3 heterocycles. The fourth-order valence-electron chi connectivity index (χ4n) is 2.85. The van der Waals surface area contributed by atoms with Gasteiger partial charge in [-0.2, -0.15) is 0 Å². The number of nitrogens with one attached hydrogen (secondary N) is 1. The molecule has 1 aliphatic carbocycles. The lowest BCUT2D eigenvalue weighted by atomic mass is 10.2. The summed E-state index contributed by atoms with van der Waals surface area (Å²) in [4.78, 5) is 19.4. The summed E-state index contributed by atoms with van der Waals surface area (Å²) in [6, 6.07) is 3.79. The monoisotopic (exact) mass is 354 g/mol. The number of hydrogen-bond acceptors (Lipinski definition) is 4. The molecule has 0 aromatic carbocycles. The zero-order valence-electron chi connectivity index (χ0n) is 10.9. The van der Waals surface area contributed by atoms with Gasteiger partial charge in [0.2, 0.25) is 0 Å². The van der Waals surface area contributed by atoms with Gasteiger partial charge >= 0.3 is 0 Å². The SMILES string of the molecule is O=c1c2c3c(sc2[nH]c(=S)n1Cc1ccc(Cl)s1)CCC3. The third-order valence-corrected chi connectivity index (χ3v) is 6.53. The standard InChI is InChI=1S/C14H11ClN2OS3/c15-10-5-4-7(20-10)6-17-13(18)11-8-2-1-3-9(8)21-12(11)16-14(17)19/h4-5H,1-3,6H2,(H,16,19). The summed E-state index contributed by atoms with van der Waals surface area (Å²) < 4.78 is 2.85. The first-order chi connectivity index (χ1) is 10.1. The minimum atomic E-state index is 0.0256. The maximum Gasteiger partial charge on any atom is 0.263 e. The smallest absolute Gasteiger partial charge is 0.263 e. The van der Waals surface area contributed by atoms with Crippen molar-refractivity contribution in [3.05, 3.63) is 46.9 Å². The molecule has 21 heavy (non-hydrogen) atoms. The highest BCUT2D eigenvalue weighted by Crippen LogP contribution is 2.34. The lowest BCUT2D eigenvalue weighted by molar-refractivity contribution is 0.744. The average Bonchev–Trinajstić information content (AvgIpc) is 3.10. The van der Waals surface area contributed by atoms with E-state index < -0.39 is 0 Å². The van der Waals surface area contributed by atoms with Crippen molar-refractivity contribution in [3.63, 3.8) is 0 Å². The number of hydrogen-bond donors (Lipinski definition) is 1. The highest BCUT2D eigenvalue weighted by molar-refractivity contribution is 7.71. The van der Waals surface area contributed by atoms with Crippen LogP contribution < -0.4 is 5.56 Å². The van der Waals surface area contributed by atoms with Gasteiger partial charge in [-0.15, -0.1) is 22.7 Å². The number of thiophene rings is 2. The minimum Gasteiger partial charge on any atom is -0.323 e. The van der Waals surface area contributed by atoms with Crippen LogP contribution in [0.4, 0.5) is 0 Å². The molecule has 1 aliphatic rings. The molecule has 0 amide bonds. The number of aryl methyl sites for hydroxylation is 2. The van der Waals surface area contributed by atoms with E-state index in [2.05, 4.69) is 4.98 Å². The Hall–Kier alpha value is -0.950. The number of fused-ring (bicyclic) bond motifs is 3. The number of rotatable bonds is 2. The van der Waals surface area contributed by atoms with Gasteiger partial charge in [-0.05, 0) is 49.2 Å². The van der Waals surface area contributed by atoms with Crippen LogP contribution in [-0.2, 0) is 19.4 Å². The second-order valence-electron chi connectivity index (χ2n) is 5.09. The quantitative estimate of drug-likeness (QED) is 0.694. The Morgan fingerprint density at radius 1 is 1.33 bits per heavy atom. The maximum atomic E-state index is 12.8. The van der Waals surface area contributed by atoms with Crippen LogP contribution >= 0.6 is 46.5 Å². The van der Waals surface area contributed by atoms with E-state index in [-0.39, 0.29) is 5.56 Å². The van der Waals surface area contributed by atoms with Crippen LogP contribution in [-0.4, -0.2) is 9.55 Å². The van der Waals surface area contributed by atoms with Crippen LogP contribution in [0.1, 0.15) is 21.7 Å². The van der Waals surface area contributed by atoms with Gasteiger partial charge < -0.3 is 4.98 Å². The first kappa shape index (κ1) is 13.7. The van der Waals surface area contributed by atoms with Crippen molar-refractivity contribution >= 4 is 56.7 Å². The molecule has 3 aromatic heterocycles. The van der Waals surface area contributed by atoms with Crippen LogP contribution in [0.5, 0.6) is 0 Å². The number of nitrogens with zero attached hydrogens (tertiary/aromatic N) is 1. The molecule has 0 fully saturated rings. The summed E-state index contributed by atoms with van der Waals surface area (Å²) in [5.41, 5.74) is 1.25. The van der Waals surface area contributed by atoms with E-state index in [1.807, 2.05) is 12.1 Å². The van der Waals surface area contributed by atoms with Crippen LogP contribution in [0.15, 0.2) is 16.9 Å². The highest BCUT2D eigenvalue weighted by Gasteiger charge is 2.21. The molecular formula is C14H11ClN2OS3. The second kappa shape index (κ2) is 5.05. The van der Waals surface area contributed by atoms with Gasteiger partial charge in [0.15, 0.2) is 4.77 Å². The number of aromatic nitrogens is 2. The van der Waals surface area contributed by atoms with Crippen molar-refractivity contribution < 1.29 is 0 Å². The van der Waals surface area contributed by atoms with Crippen molar-refractivity contribution in [2.24, 2.45) is 0 Å². The van der Waals surface area contributed by atoms with Crippen molar-refractivity contribution in [2.45, 2.75) is 25.8 Å². The molecule has 0 unspecified atom stereocenters. The summed E-state index contributed by atoms with van der Waals surface area (Å²) >= 11 is 14.5. The van der Waals surface area contributed by atoms with E-state index in [0.29, 0.717) is 11.3 Å². The summed E-state index contributed by atoms with van der Waals surface area (Å²) in [5.74, 6) is 0. The third-order valence-electron chi connectivity index (χ3n) is 3.79. The lowest BCUT2D eigenvalue weighted by Crippen LogP contribution is -2.22. The summed E-state index contributed by atoms with van der Waals surface area (Å²) in [6.45, 7) is 0.478. The lowest BCUT2D eigenvalue weighted by Gasteiger charge is -2.05. The van der Waals surface area contributed by atoms with Crippen molar-refractivity contribution in [1.29, 1.82) is 0 Å². The van der Waals surface area contributed by atoms with Gasteiger partial charge in [0.1, 0.15) is 4.83 Å². The van der Waals surface area contributed by atoms with Crippen molar-refractivity contribution in [1.82, 2.24) is 9.55 Å². The van der Waals surface area contributed by atoms with Gasteiger partial charge in [0, 0.05) is 9.75 Å². The number of H-pyrrole nitrogens is 1. The molecule has 0 aliphatic heterocycles. The summed E-state index contributed by atoms with van der Waals surface area (Å²) in [5, 5.41) is 0.837. The molecule has 0 radical (unpaired) electrons. The van der Waals surface area contributed by atoms with E-state index in [9.17, 15) is 4.79 Å². The third kappa shape index (κ3) is 2.21. The predicted octanol–water partition coefficient (Wildman–Crippen LogP) is 4.37. The molecule has 0 bridgehead atoms. The topological polar surface area (TPSA) is 37.8 Å². The van der Waals surface area contributed by atoms with E-state index >= 15 is 0 Å². The van der Waals surface area contributed by atoms with Crippen molar-refractivity contribution in [2.75, 3.05) is 0 Å². The molecule has 3 nitrogen and oxygen atoms in total. The first-order valence-electron chi connectivity index (χ1n) is 6.65. The maximum absolute atomic E-state index is 12.8. The summed E-state index contributed by atoms with van der Waals surface area (Å²) in [7, 11) is 0. The number of aromatic amines is 1. The predicted molar refractivity (Wildman–Crippen MR) is 91.7 cm³/mol. The van der Waals surface area contributed by atoms with Gasteiger partial charge in [0.05, 0.1) is 16.3 Å². The van der Waals surface area contributed by atoms with Gasteiger partial charge in [-0.3, -0.25) is 9.36 Å². The first-order valence-corrected chi connectivity index (χ1v) is 9.07. The second-order valence-corrected chi connectivity index (χ2v) is 8.38. The van der Waals surface area contributed by atoms with E-state index in [1.165, 1.54) is 21.8 Å². The Morgan fingerprint density at radius 2 is 2.19 bits per heavy atom. The van der Waals surface area contributed by atoms with Crippen LogP contribution in [0.3, 0.4) is 0 Å². The average molecular weight is 355 g/mol. The van der Waals surface area contributed by atoms with Crippen LogP contribution in [0.2, 0.25) is 4.34 Å². The molecular weight excluding hydrogens is 344 g/mol. The van der Waals surface area contributed by atoms with Crippen molar-refractivity contribution in [3.8, 4) is 0 Å². The normalized spacial score (nSPS) is 14.0. The Kier molecular flexibility index (Phi) is 3.29. The van der Waals surface area contributed by atoms with Gasteiger partial charge in [-0.1, -0.05) is 11.6 Å². The van der Waals surface area contributed by atoms with Gasteiger partial charge in [-0.25, -0.2) is 0 Å². The molecule has 3 aromatic rings. The van der Waals surface area contributed by atoms with E-state index in [0.717, 1.165) is 38.7 Å². The van der Waals surface area contributed by atoms with Crippen LogP contribution in [0.25, 0.3) is 10.2 Å². The number of halogens is 1. The molecule has 4 rings (SSSR count). The van der Waals surface area contributed by atoms with Crippen LogP contribution in [0, 0.1) is 4.77 Å². The molecule has 1 N–H and O–H groups in total. The largest absolute Gasteiger partial charge is 0.323 e. The fourth-order valence-corrected chi connectivity index (χ4v) is 5.52. The molecule has 7 heteroatoms. The Bertz CT molecular complexity index is 963.